The molecule has 0 spiro atoms. The first kappa shape index (κ1) is 23.5. The van der Waals surface area contributed by atoms with Gasteiger partial charge in [0.25, 0.3) is 0 Å². The molecule has 0 saturated carbocycles. The van der Waals surface area contributed by atoms with Crippen molar-refractivity contribution in [2.24, 2.45) is 0 Å². The zero-order valence-corrected chi connectivity index (χ0v) is 20.4. The summed E-state index contributed by atoms with van der Waals surface area (Å²) in [5.74, 6) is 1.00. The molecule has 0 amide bonds. The summed E-state index contributed by atoms with van der Waals surface area (Å²) >= 11 is 0. The lowest BCUT2D eigenvalue weighted by Gasteiger charge is -2.23. The molecule has 0 fully saturated rings. The Morgan fingerprint density at radius 3 is 1.10 bits per heavy atom. The molecule has 29 heavy (non-hydrogen) atoms. The molecule has 2 aromatic rings. The van der Waals surface area contributed by atoms with E-state index in [0.717, 1.165) is 60.8 Å². The van der Waals surface area contributed by atoms with E-state index < -0.39 is 8.07 Å². The molecule has 0 bridgehead atoms. The molecule has 2 N–H and O–H groups in total. The van der Waals surface area contributed by atoms with Crippen molar-refractivity contribution in [3.05, 3.63) is 57.6 Å². The van der Waals surface area contributed by atoms with Crippen molar-refractivity contribution in [2.45, 2.75) is 91.4 Å². The van der Waals surface area contributed by atoms with E-state index in [2.05, 4.69) is 65.1 Å². The summed E-state index contributed by atoms with van der Waals surface area (Å²) in [5, 5.41) is 20.7. The molecule has 0 atom stereocenters. The Bertz CT molecular complexity index is 706. The molecule has 0 aliphatic rings. The van der Waals surface area contributed by atoms with Crippen LogP contribution in [-0.4, -0.2) is 18.3 Å². The summed E-state index contributed by atoms with van der Waals surface area (Å²) in [6, 6.07) is 11.4. The van der Waals surface area contributed by atoms with Gasteiger partial charge in [-0.2, -0.15) is 0 Å². The van der Waals surface area contributed by atoms with Gasteiger partial charge in [-0.25, -0.2) is 0 Å². The van der Waals surface area contributed by atoms with Gasteiger partial charge in [0.05, 0.1) is 0 Å². The van der Waals surface area contributed by atoms with Gasteiger partial charge in [0, 0.05) is 8.07 Å². The van der Waals surface area contributed by atoms with Crippen molar-refractivity contribution in [1.82, 2.24) is 0 Å². The van der Waals surface area contributed by atoms with Crippen molar-refractivity contribution in [3.8, 4) is 11.5 Å². The number of hydrogen-bond acceptors (Lipinski definition) is 2. The maximum Gasteiger partial charge on any atom is 0.121 e. The minimum atomic E-state index is -1.33. The molecule has 2 nitrogen and oxygen atoms in total. The minimum absolute atomic E-state index is 0.501. The maximum atomic E-state index is 10.3. The monoisotopic (exact) mass is 412 g/mol. The lowest BCUT2D eigenvalue weighted by atomic mass is 9.99. The molecule has 0 radical (unpaired) electrons. The molecule has 0 aromatic heterocycles. The first-order valence-electron chi connectivity index (χ1n) is 11.4. The molecule has 0 unspecified atom stereocenters. The Labute approximate surface area is 179 Å². The Balaban J connectivity index is 2.06. The van der Waals surface area contributed by atoms with Crippen LogP contribution in [0, 0.1) is 0 Å². The molecule has 0 aliphatic heterocycles. The first-order chi connectivity index (χ1) is 13.7. The van der Waals surface area contributed by atoms with E-state index in [-0.39, 0.29) is 0 Å². The number of hydrogen-bond donors (Lipinski definition) is 2. The summed E-state index contributed by atoms with van der Waals surface area (Å²) in [5.41, 5.74) is 7.10. The average Bonchev–Trinajstić information content (AvgIpc) is 2.72. The highest BCUT2D eigenvalue weighted by molar-refractivity contribution is 6.77. The van der Waals surface area contributed by atoms with Gasteiger partial charge in [-0.3, -0.25) is 0 Å². The van der Waals surface area contributed by atoms with E-state index in [9.17, 15) is 10.2 Å². The number of phenols is 2. The van der Waals surface area contributed by atoms with E-state index in [0.29, 0.717) is 11.5 Å². The number of phenolic OH excluding ortho intramolecular Hbond substituents is 2. The molecule has 2 aromatic carbocycles. The molecular formula is C26H40O2Si. The lowest BCUT2D eigenvalue weighted by molar-refractivity contribution is 0.461. The number of aryl methyl sites for hydroxylation is 6. The fraction of sp³-hybridized carbons (Fsp3) is 0.538. The summed E-state index contributed by atoms with van der Waals surface area (Å²) in [6.45, 7) is 13.5. The maximum absolute atomic E-state index is 10.3. The Morgan fingerprint density at radius 1 is 0.586 bits per heavy atom. The second kappa shape index (κ2) is 10.3. The van der Waals surface area contributed by atoms with Crippen LogP contribution in [-0.2, 0) is 38.5 Å². The highest BCUT2D eigenvalue weighted by Gasteiger charge is 2.21. The fourth-order valence-corrected chi connectivity index (χ4v) is 6.30. The summed E-state index contributed by atoms with van der Waals surface area (Å²) in [4.78, 5) is 0. The Kier molecular flexibility index (Phi) is 8.39. The second-order valence-corrected chi connectivity index (χ2v) is 14.4. The highest BCUT2D eigenvalue weighted by Crippen LogP contribution is 2.30. The molecule has 3 heteroatoms. The van der Waals surface area contributed by atoms with Crippen LogP contribution in [0.4, 0.5) is 0 Å². The van der Waals surface area contributed by atoms with Gasteiger partial charge in [-0.05, 0) is 71.9 Å². The third-order valence-corrected chi connectivity index (χ3v) is 9.57. The van der Waals surface area contributed by atoms with Crippen LogP contribution in [0.2, 0.25) is 25.2 Å². The topological polar surface area (TPSA) is 40.5 Å². The molecule has 0 saturated heterocycles. The van der Waals surface area contributed by atoms with Crippen LogP contribution in [0.15, 0.2) is 24.3 Å². The second-order valence-electron chi connectivity index (χ2n) is 9.10. The van der Waals surface area contributed by atoms with Gasteiger partial charge in [-0.1, -0.05) is 77.1 Å². The minimum Gasteiger partial charge on any atom is -0.507 e. The van der Waals surface area contributed by atoms with Gasteiger partial charge >= 0.3 is 0 Å². The summed E-state index contributed by atoms with van der Waals surface area (Å²) in [6.07, 6.45) is 5.74. The van der Waals surface area contributed by atoms with Gasteiger partial charge in [0.2, 0.25) is 0 Å². The van der Waals surface area contributed by atoms with E-state index >= 15 is 0 Å². The third-order valence-electron chi connectivity index (χ3n) is 6.36. The van der Waals surface area contributed by atoms with E-state index in [1.807, 2.05) is 0 Å². The van der Waals surface area contributed by atoms with E-state index in [1.54, 1.807) is 0 Å². The molecule has 2 rings (SSSR count). The Morgan fingerprint density at radius 2 is 0.862 bits per heavy atom. The van der Waals surface area contributed by atoms with Gasteiger partial charge in [-0.15, -0.1) is 0 Å². The quantitative estimate of drug-likeness (QED) is 0.419. The van der Waals surface area contributed by atoms with Crippen molar-refractivity contribution >= 4 is 8.07 Å². The fourth-order valence-electron chi connectivity index (χ4n) is 4.12. The summed E-state index contributed by atoms with van der Waals surface area (Å²) < 4.78 is 0. The van der Waals surface area contributed by atoms with Crippen LogP contribution >= 0.6 is 0 Å². The largest absolute Gasteiger partial charge is 0.507 e. The number of aromatic hydroxyl groups is 2. The zero-order chi connectivity index (χ0) is 21.6. The standard InChI is InChI=1S/C26H40O2Si/c1-7-21-15-19(16-22(8-2)25(21)27)11-13-29(5,6)14-12-20-17-23(9-3)26(28)24(10-4)18-20/h15-18,27-28H,7-14H2,1-6H3. The van der Waals surface area contributed by atoms with Gasteiger partial charge in [0.15, 0.2) is 0 Å². The predicted octanol–water partition coefficient (Wildman–Crippen LogP) is 6.84. The molecule has 0 aliphatic carbocycles. The van der Waals surface area contributed by atoms with Crippen LogP contribution < -0.4 is 0 Å². The number of rotatable bonds is 10. The SMILES string of the molecule is CCc1cc(CC[Si](C)(C)CCc2cc(CC)c(O)c(CC)c2)cc(CC)c1O. The lowest BCUT2D eigenvalue weighted by Crippen LogP contribution is -2.26. The van der Waals surface area contributed by atoms with Crippen LogP contribution in [0.1, 0.15) is 61.1 Å². The van der Waals surface area contributed by atoms with Gasteiger partial charge < -0.3 is 10.2 Å². The smallest absolute Gasteiger partial charge is 0.121 e. The number of benzene rings is 2. The highest BCUT2D eigenvalue weighted by atomic mass is 28.3. The first-order valence-corrected chi connectivity index (χ1v) is 14.8. The average molecular weight is 413 g/mol. The molecule has 0 heterocycles. The van der Waals surface area contributed by atoms with Crippen molar-refractivity contribution in [2.75, 3.05) is 0 Å². The predicted molar refractivity (Wildman–Crippen MR) is 128 cm³/mol. The third kappa shape index (κ3) is 6.12. The Hall–Kier alpha value is -1.74. The van der Waals surface area contributed by atoms with Crippen LogP contribution in [0.25, 0.3) is 0 Å². The molecular weight excluding hydrogens is 372 g/mol. The van der Waals surface area contributed by atoms with Gasteiger partial charge in [0.1, 0.15) is 11.5 Å². The van der Waals surface area contributed by atoms with Crippen molar-refractivity contribution < 1.29 is 10.2 Å². The van der Waals surface area contributed by atoms with Crippen LogP contribution in [0.5, 0.6) is 11.5 Å². The van der Waals surface area contributed by atoms with Crippen molar-refractivity contribution in [1.29, 1.82) is 0 Å². The molecule has 160 valence electrons. The summed E-state index contributed by atoms with van der Waals surface area (Å²) in [7, 11) is -1.33. The van der Waals surface area contributed by atoms with Crippen molar-refractivity contribution in [3.63, 3.8) is 0 Å². The van der Waals surface area contributed by atoms with E-state index in [4.69, 9.17) is 0 Å². The zero-order valence-electron chi connectivity index (χ0n) is 19.4. The van der Waals surface area contributed by atoms with E-state index in [1.165, 1.54) is 23.2 Å². The van der Waals surface area contributed by atoms with Crippen LogP contribution in [0.3, 0.4) is 0 Å². The normalized spacial score (nSPS) is 11.8.